The molecule has 2 aromatic rings. The number of nitrogens with zero attached hydrogens (tertiary/aromatic N) is 2. The molecule has 0 bridgehead atoms. The Morgan fingerprint density at radius 1 is 1.42 bits per heavy atom. The van der Waals surface area contributed by atoms with Crippen molar-refractivity contribution in [1.29, 1.82) is 0 Å². The Hall–Kier alpha value is -2.21. The van der Waals surface area contributed by atoms with Crippen LogP contribution in [0, 0.1) is 18.3 Å². The fourth-order valence-corrected chi connectivity index (χ4v) is 4.53. The van der Waals surface area contributed by atoms with Crippen molar-refractivity contribution in [3.05, 3.63) is 46.4 Å². The van der Waals surface area contributed by atoms with E-state index in [9.17, 15) is 9.59 Å². The molecule has 1 aliphatic heterocycles. The lowest BCUT2D eigenvalue weighted by molar-refractivity contribution is -0.118. The van der Waals surface area contributed by atoms with Crippen LogP contribution in [-0.4, -0.2) is 34.8 Å². The van der Waals surface area contributed by atoms with Crippen molar-refractivity contribution in [2.24, 2.45) is 11.3 Å². The van der Waals surface area contributed by atoms with Gasteiger partial charge < -0.3 is 10.2 Å². The number of carbonyl (C=O) groups is 2. The first-order chi connectivity index (χ1) is 11.6. The summed E-state index contributed by atoms with van der Waals surface area (Å²) in [6.07, 6.45) is 5.11. The topological polar surface area (TPSA) is 62.3 Å². The minimum atomic E-state index is -0.0207. The average molecular weight is 341 g/mol. The Labute approximate surface area is 144 Å². The molecule has 1 saturated heterocycles. The number of nitrogens with one attached hydrogen (secondary N) is 1. The van der Waals surface area contributed by atoms with E-state index in [0.717, 1.165) is 35.5 Å². The predicted octanol–water partition coefficient (Wildman–Crippen LogP) is 2.94. The fourth-order valence-electron chi connectivity index (χ4n) is 3.64. The molecule has 0 radical (unpaired) electrons. The molecule has 2 aromatic heterocycles. The minimum absolute atomic E-state index is 0.0000567. The zero-order valence-electron chi connectivity index (χ0n) is 13.5. The molecule has 124 valence electrons. The van der Waals surface area contributed by atoms with Crippen LogP contribution in [0.25, 0.3) is 0 Å². The highest BCUT2D eigenvalue weighted by molar-refractivity contribution is 7.12. The predicted molar refractivity (Wildman–Crippen MR) is 93.0 cm³/mol. The van der Waals surface area contributed by atoms with Crippen molar-refractivity contribution in [3.8, 4) is 0 Å². The summed E-state index contributed by atoms with van der Waals surface area (Å²) in [6, 6.07) is 5.62. The molecular weight excluding hydrogens is 322 g/mol. The van der Waals surface area contributed by atoms with Gasteiger partial charge in [-0.25, -0.2) is 0 Å². The first-order valence-electron chi connectivity index (χ1n) is 8.13. The molecule has 2 fully saturated rings. The molecule has 2 unspecified atom stereocenters. The number of aromatic nitrogens is 1. The van der Waals surface area contributed by atoms with Gasteiger partial charge in [-0.15, -0.1) is 11.3 Å². The van der Waals surface area contributed by atoms with E-state index in [1.807, 2.05) is 29.3 Å². The van der Waals surface area contributed by atoms with Crippen LogP contribution >= 0.6 is 11.3 Å². The van der Waals surface area contributed by atoms with E-state index in [0.29, 0.717) is 6.54 Å². The van der Waals surface area contributed by atoms with Crippen LogP contribution in [0.2, 0.25) is 0 Å². The van der Waals surface area contributed by atoms with Gasteiger partial charge in [-0.05, 0) is 48.9 Å². The number of aryl methyl sites for hydroxylation is 1. The van der Waals surface area contributed by atoms with Gasteiger partial charge in [-0.3, -0.25) is 14.6 Å². The maximum Gasteiger partial charge on any atom is 0.264 e. The highest BCUT2D eigenvalue weighted by Crippen LogP contribution is 2.59. The molecular formula is C18H19N3O2S. The molecule has 0 aromatic carbocycles. The smallest absolute Gasteiger partial charge is 0.264 e. The third kappa shape index (κ3) is 2.60. The van der Waals surface area contributed by atoms with Gasteiger partial charge in [0.25, 0.3) is 5.91 Å². The number of amides is 2. The van der Waals surface area contributed by atoms with Gasteiger partial charge in [0.15, 0.2) is 0 Å². The molecule has 2 atom stereocenters. The standard InChI is InChI=1S/C18H19N3O2S/c1-12-4-8-24-15(12)17(23)21-7-5-18(11-21)9-14(18)16(22)20-13-3-2-6-19-10-13/h2-4,6,8,10,14H,5,7,9,11H2,1H3,(H,20,22). The molecule has 1 saturated carbocycles. The van der Waals surface area contributed by atoms with Gasteiger partial charge in [0.1, 0.15) is 0 Å². The SMILES string of the molecule is Cc1ccsc1C(=O)N1CCC2(CC2C(=O)Nc2cccnc2)C1. The summed E-state index contributed by atoms with van der Waals surface area (Å²) < 4.78 is 0. The number of pyridine rings is 1. The zero-order valence-corrected chi connectivity index (χ0v) is 14.3. The lowest BCUT2D eigenvalue weighted by Crippen LogP contribution is -2.29. The van der Waals surface area contributed by atoms with Crippen molar-refractivity contribution >= 4 is 28.8 Å². The summed E-state index contributed by atoms with van der Waals surface area (Å²) in [6.45, 7) is 3.40. The van der Waals surface area contributed by atoms with Crippen LogP contribution < -0.4 is 5.32 Å². The molecule has 5 nitrogen and oxygen atoms in total. The molecule has 3 heterocycles. The first-order valence-corrected chi connectivity index (χ1v) is 9.01. The van der Waals surface area contributed by atoms with Crippen LogP contribution in [0.15, 0.2) is 36.0 Å². The monoisotopic (exact) mass is 341 g/mol. The van der Waals surface area contributed by atoms with Crippen molar-refractivity contribution < 1.29 is 9.59 Å². The van der Waals surface area contributed by atoms with Gasteiger partial charge in [-0.1, -0.05) is 0 Å². The number of carbonyl (C=O) groups excluding carboxylic acids is 2. The molecule has 1 N–H and O–H groups in total. The molecule has 2 aliphatic rings. The summed E-state index contributed by atoms with van der Waals surface area (Å²) >= 11 is 1.50. The summed E-state index contributed by atoms with van der Waals surface area (Å²) in [5, 5.41) is 4.89. The maximum absolute atomic E-state index is 12.6. The Bertz CT molecular complexity index is 789. The van der Waals surface area contributed by atoms with E-state index in [1.165, 1.54) is 11.3 Å². The van der Waals surface area contributed by atoms with Gasteiger partial charge >= 0.3 is 0 Å². The highest BCUT2D eigenvalue weighted by Gasteiger charge is 2.61. The number of thiophene rings is 1. The second-order valence-electron chi connectivity index (χ2n) is 6.76. The second kappa shape index (κ2) is 5.70. The van der Waals surface area contributed by atoms with Crippen LogP contribution in [0.1, 0.15) is 28.1 Å². The van der Waals surface area contributed by atoms with Crippen molar-refractivity contribution in [1.82, 2.24) is 9.88 Å². The minimum Gasteiger partial charge on any atom is -0.337 e. The largest absolute Gasteiger partial charge is 0.337 e. The van der Waals surface area contributed by atoms with Gasteiger partial charge in [0, 0.05) is 30.6 Å². The molecule has 4 rings (SSSR count). The zero-order chi connectivity index (χ0) is 16.7. The quantitative estimate of drug-likeness (QED) is 0.934. The Balaban J connectivity index is 1.40. The van der Waals surface area contributed by atoms with Crippen molar-refractivity contribution in [2.75, 3.05) is 18.4 Å². The van der Waals surface area contributed by atoms with E-state index in [4.69, 9.17) is 0 Å². The molecule has 1 aliphatic carbocycles. The molecule has 6 heteroatoms. The Kier molecular flexibility index (Phi) is 3.64. The number of rotatable bonds is 3. The summed E-state index contributed by atoms with van der Waals surface area (Å²) in [5.41, 5.74) is 1.74. The average Bonchev–Trinajstić information content (AvgIpc) is 2.89. The third-order valence-corrected chi connectivity index (χ3v) is 6.17. The number of likely N-dealkylation sites (tertiary alicyclic amines) is 1. The number of anilines is 1. The van der Waals surface area contributed by atoms with Crippen LogP contribution in [0.5, 0.6) is 0 Å². The number of hydrogen-bond donors (Lipinski definition) is 1. The molecule has 2 amide bonds. The van der Waals surface area contributed by atoms with Gasteiger partial charge in [0.2, 0.25) is 5.91 Å². The summed E-state index contributed by atoms with van der Waals surface area (Å²) in [4.78, 5) is 31.8. The first kappa shape index (κ1) is 15.3. The lowest BCUT2D eigenvalue weighted by Gasteiger charge is -2.16. The van der Waals surface area contributed by atoms with Crippen LogP contribution in [-0.2, 0) is 4.79 Å². The highest BCUT2D eigenvalue weighted by atomic mass is 32.1. The van der Waals surface area contributed by atoms with Gasteiger partial charge in [0.05, 0.1) is 16.8 Å². The summed E-state index contributed by atoms with van der Waals surface area (Å²) in [5.74, 6) is 0.155. The summed E-state index contributed by atoms with van der Waals surface area (Å²) in [7, 11) is 0. The van der Waals surface area contributed by atoms with Crippen molar-refractivity contribution in [2.45, 2.75) is 19.8 Å². The normalized spacial score (nSPS) is 25.0. The molecule has 1 spiro atoms. The Morgan fingerprint density at radius 3 is 3.00 bits per heavy atom. The van der Waals surface area contributed by atoms with E-state index >= 15 is 0 Å². The number of hydrogen-bond acceptors (Lipinski definition) is 4. The second-order valence-corrected chi connectivity index (χ2v) is 7.68. The van der Waals surface area contributed by atoms with E-state index in [1.54, 1.807) is 18.5 Å². The van der Waals surface area contributed by atoms with Crippen LogP contribution in [0.4, 0.5) is 5.69 Å². The fraction of sp³-hybridized carbons (Fsp3) is 0.389. The third-order valence-electron chi connectivity index (χ3n) is 5.16. The van der Waals surface area contributed by atoms with Crippen LogP contribution in [0.3, 0.4) is 0 Å². The van der Waals surface area contributed by atoms with E-state index < -0.39 is 0 Å². The van der Waals surface area contributed by atoms with Crippen molar-refractivity contribution in [3.63, 3.8) is 0 Å². The molecule has 24 heavy (non-hydrogen) atoms. The lowest BCUT2D eigenvalue weighted by atomic mass is 10.0. The maximum atomic E-state index is 12.6. The Morgan fingerprint density at radius 2 is 2.29 bits per heavy atom. The van der Waals surface area contributed by atoms with Gasteiger partial charge in [-0.2, -0.15) is 0 Å². The van der Waals surface area contributed by atoms with E-state index in [2.05, 4.69) is 10.3 Å². The van der Waals surface area contributed by atoms with E-state index in [-0.39, 0.29) is 23.1 Å².